The van der Waals surface area contributed by atoms with Gasteiger partial charge in [-0.2, -0.15) is 5.10 Å². The van der Waals surface area contributed by atoms with Gasteiger partial charge in [0, 0.05) is 10.0 Å². The lowest BCUT2D eigenvalue weighted by molar-refractivity contribution is -0.120. The highest BCUT2D eigenvalue weighted by Gasteiger charge is 2.10. The van der Waals surface area contributed by atoms with Crippen molar-refractivity contribution in [3.8, 4) is 0 Å². The summed E-state index contributed by atoms with van der Waals surface area (Å²) in [6.45, 7) is -0.164. The van der Waals surface area contributed by atoms with Crippen LogP contribution in [-0.2, 0) is 4.79 Å². The fraction of sp³-hybridized carbons (Fsp3) is 0.0714. The third kappa shape index (κ3) is 4.57. The van der Waals surface area contributed by atoms with Gasteiger partial charge in [0.05, 0.1) is 30.8 Å². The van der Waals surface area contributed by atoms with Crippen LogP contribution in [0.15, 0.2) is 56.8 Å². The molecule has 1 aromatic heterocycles. The predicted octanol–water partition coefficient (Wildman–Crippen LogP) is 1.92. The summed E-state index contributed by atoms with van der Waals surface area (Å²) in [4.78, 5) is 23.4. The summed E-state index contributed by atoms with van der Waals surface area (Å²) in [6.07, 6.45) is 4.43. The lowest BCUT2D eigenvalue weighted by Gasteiger charge is -2.05. The Morgan fingerprint density at radius 2 is 2.10 bits per heavy atom. The summed E-state index contributed by atoms with van der Waals surface area (Å²) >= 11 is 3.27. The Kier molecular flexibility index (Phi) is 5.28. The van der Waals surface area contributed by atoms with E-state index in [2.05, 4.69) is 31.8 Å². The Morgan fingerprint density at radius 3 is 2.81 bits per heavy atom. The first-order chi connectivity index (χ1) is 10.2. The van der Waals surface area contributed by atoms with Crippen molar-refractivity contribution in [2.75, 3.05) is 6.54 Å². The Hall–Kier alpha value is -2.41. The van der Waals surface area contributed by atoms with Gasteiger partial charge in [0.25, 0.3) is 11.8 Å². The zero-order valence-corrected chi connectivity index (χ0v) is 12.5. The van der Waals surface area contributed by atoms with Gasteiger partial charge in [-0.15, -0.1) is 0 Å². The molecule has 0 saturated heterocycles. The van der Waals surface area contributed by atoms with Gasteiger partial charge in [-0.25, -0.2) is 5.43 Å². The average Bonchev–Trinajstić information content (AvgIpc) is 2.98. The Balaban J connectivity index is 1.79. The summed E-state index contributed by atoms with van der Waals surface area (Å²) in [6, 6.07) is 8.66. The first-order valence-corrected chi connectivity index (χ1v) is 6.83. The number of halogens is 1. The molecule has 0 aliphatic carbocycles. The van der Waals surface area contributed by atoms with Gasteiger partial charge in [0.2, 0.25) is 0 Å². The molecule has 7 heteroatoms. The van der Waals surface area contributed by atoms with Crippen molar-refractivity contribution < 1.29 is 14.0 Å². The fourth-order valence-electron chi connectivity index (χ4n) is 1.47. The summed E-state index contributed by atoms with van der Waals surface area (Å²) in [5.41, 5.74) is 3.50. The van der Waals surface area contributed by atoms with Crippen LogP contribution in [0, 0.1) is 0 Å². The topological polar surface area (TPSA) is 83.7 Å². The van der Waals surface area contributed by atoms with E-state index in [1.54, 1.807) is 30.3 Å². The number of benzene rings is 1. The first-order valence-electron chi connectivity index (χ1n) is 6.03. The molecular weight excluding hydrogens is 338 g/mol. The Labute approximate surface area is 129 Å². The van der Waals surface area contributed by atoms with Crippen LogP contribution in [0.3, 0.4) is 0 Å². The lowest BCUT2D eigenvalue weighted by atomic mass is 10.2. The molecule has 2 N–H and O–H groups in total. The minimum atomic E-state index is -0.421. The van der Waals surface area contributed by atoms with Crippen molar-refractivity contribution in [2.45, 2.75) is 0 Å². The van der Waals surface area contributed by atoms with Gasteiger partial charge in [-0.05, 0) is 34.1 Å². The van der Waals surface area contributed by atoms with E-state index in [0.29, 0.717) is 10.0 Å². The molecule has 108 valence electrons. The van der Waals surface area contributed by atoms with E-state index in [0.717, 1.165) is 5.56 Å². The molecule has 0 radical (unpaired) electrons. The van der Waals surface area contributed by atoms with E-state index in [4.69, 9.17) is 4.42 Å². The number of carbonyl (C=O) groups is 2. The van der Waals surface area contributed by atoms with Crippen molar-refractivity contribution in [1.29, 1.82) is 0 Å². The van der Waals surface area contributed by atoms with Crippen LogP contribution >= 0.6 is 15.9 Å². The van der Waals surface area contributed by atoms with E-state index in [1.165, 1.54) is 18.7 Å². The zero-order valence-electron chi connectivity index (χ0n) is 10.9. The standard InChI is InChI=1S/C14H12BrN3O3/c15-12-4-2-1-3-11(12)14(20)16-8-13(19)18-17-7-10-5-6-21-9-10/h1-7,9H,8H2,(H,16,20)(H,18,19)/b17-7+. The molecule has 21 heavy (non-hydrogen) atoms. The summed E-state index contributed by atoms with van der Waals surface area (Å²) in [5, 5.41) is 6.25. The molecule has 1 heterocycles. The maximum atomic E-state index is 11.9. The lowest BCUT2D eigenvalue weighted by Crippen LogP contribution is -2.35. The third-order valence-corrected chi connectivity index (χ3v) is 3.17. The zero-order chi connectivity index (χ0) is 15.1. The number of carbonyl (C=O) groups excluding carboxylic acids is 2. The summed E-state index contributed by atoms with van der Waals surface area (Å²) in [7, 11) is 0. The second-order valence-corrected chi connectivity index (χ2v) is 4.87. The minimum Gasteiger partial charge on any atom is -0.472 e. The number of rotatable bonds is 5. The molecule has 0 aliphatic heterocycles. The Morgan fingerprint density at radius 1 is 1.29 bits per heavy atom. The fourth-order valence-corrected chi connectivity index (χ4v) is 1.93. The maximum absolute atomic E-state index is 11.9. The van der Waals surface area contributed by atoms with Gasteiger partial charge >= 0.3 is 0 Å². The molecule has 0 aliphatic rings. The number of nitrogens with one attached hydrogen (secondary N) is 2. The highest BCUT2D eigenvalue weighted by atomic mass is 79.9. The molecular formula is C14H12BrN3O3. The quantitative estimate of drug-likeness (QED) is 0.638. The number of hydrazone groups is 1. The highest BCUT2D eigenvalue weighted by molar-refractivity contribution is 9.10. The molecule has 0 spiro atoms. The van der Waals surface area contributed by atoms with Gasteiger partial charge < -0.3 is 9.73 Å². The van der Waals surface area contributed by atoms with Crippen molar-refractivity contribution in [3.63, 3.8) is 0 Å². The molecule has 0 saturated carbocycles. The van der Waals surface area contributed by atoms with Crippen molar-refractivity contribution in [2.24, 2.45) is 5.10 Å². The van der Waals surface area contributed by atoms with Crippen LogP contribution < -0.4 is 10.7 Å². The monoisotopic (exact) mass is 349 g/mol. The van der Waals surface area contributed by atoms with E-state index in [1.807, 2.05) is 0 Å². The molecule has 1 aromatic carbocycles. The van der Waals surface area contributed by atoms with Gasteiger partial charge in [0.1, 0.15) is 0 Å². The van der Waals surface area contributed by atoms with E-state index in [-0.39, 0.29) is 12.5 Å². The van der Waals surface area contributed by atoms with Crippen LogP contribution in [0.4, 0.5) is 0 Å². The van der Waals surface area contributed by atoms with E-state index in [9.17, 15) is 9.59 Å². The van der Waals surface area contributed by atoms with E-state index < -0.39 is 5.91 Å². The second-order valence-electron chi connectivity index (χ2n) is 4.01. The molecule has 2 rings (SSSR count). The Bertz CT molecular complexity index is 653. The van der Waals surface area contributed by atoms with Gasteiger partial charge in [-0.3, -0.25) is 9.59 Å². The van der Waals surface area contributed by atoms with Crippen molar-refractivity contribution >= 4 is 34.0 Å². The van der Waals surface area contributed by atoms with Crippen molar-refractivity contribution in [3.05, 3.63) is 58.5 Å². The third-order valence-electron chi connectivity index (χ3n) is 2.47. The average molecular weight is 350 g/mol. The van der Waals surface area contributed by atoms with E-state index >= 15 is 0 Å². The molecule has 0 bridgehead atoms. The predicted molar refractivity (Wildman–Crippen MR) is 80.9 cm³/mol. The smallest absolute Gasteiger partial charge is 0.259 e. The normalized spacial score (nSPS) is 10.5. The number of hydrogen-bond donors (Lipinski definition) is 2. The molecule has 0 atom stereocenters. The largest absolute Gasteiger partial charge is 0.472 e. The number of nitrogens with zero attached hydrogens (tertiary/aromatic N) is 1. The van der Waals surface area contributed by atoms with Crippen LogP contribution in [0.2, 0.25) is 0 Å². The van der Waals surface area contributed by atoms with Crippen LogP contribution in [-0.4, -0.2) is 24.6 Å². The molecule has 0 unspecified atom stereocenters. The molecule has 6 nitrogen and oxygen atoms in total. The van der Waals surface area contributed by atoms with Gasteiger partial charge in [0.15, 0.2) is 0 Å². The number of hydrogen-bond acceptors (Lipinski definition) is 4. The maximum Gasteiger partial charge on any atom is 0.259 e. The van der Waals surface area contributed by atoms with Crippen LogP contribution in [0.5, 0.6) is 0 Å². The summed E-state index contributed by atoms with van der Waals surface area (Å²) in [5.74, 6) is -0.758. The first kappa shape index (κ1) is 15.0. The van der Waals surface area contributed by atoms with Crippen LogP contribution in [0.25, 0.3) is 0 Å². The summed E-state index contributed by atoms with van der Waals surface area (Å²) < 4.78 is 5.51. The minimum absolute atomic E-state index is 0.164. The molecule has 2 aromatic rings. The number of amides is 2. The van der Waals surface area contributed by atoms with Gasteiger partial charge in [-0.1, -0.05) is 12.1 Å². The molecule has 0 fully saturated rings. The SMILES string of the molecule is O=C(CNC(=O)c1ccccc1Br)N/N=C/c1ccoc1. The molecule has 2 amide bonds. The van der Waals surface area contributed by atoms with Crippen molar-refractivity contribution in [1.82, 2.24) is 10.7 Å². The number of furan rings is 1. The highest BCUT2D eigenvalue weighted by Crippen LogP contribution is 2.15. The van der Waals surface area contributed by atoms with Crippen LogP contribution in [0.1, 0.15) is 15.9 Å². The second kappa shape index (κ2) is 7.39.